The minimum Gasteiger partial charge on any atom is -0.453 e. The molecule has 0 spiro atoms. The molecule has 1 aromatic carbocycles. The molecule has 1 aliphatic heterocycles. The van der Waals surface area contributed by atoms with Crippen molar-refractivity contribution >= 4 is 28.6 Å². The van der Waals surface area contributed by atoms with Crippen molar-refractivity contribution in [3.63, 3.8) is 0 Å². The number of esters is 1. The van der Waals surface area contributed by atoms with E-state index in [1.807, 2.05) is 6.07 Å². The maximum absolute atomic E-state index is 12.0. The van der Waals surface area contributed by atoms with Gasteiger partial charge in [-0.2, -0.15) is 0 Å². The first-order valence-electron chi connectivity index (χ1n) is 6.34. The van der Waals surface area contributed by atoms with Crippen LogP contribution in [0.25, 0.3) is 0 Å². The van der Waals surface area contributed by atoms with Crippen molar-refractivity contribution in [1.29, 1.82) is 0 Å². The van der Waals surface area contributed by atoms with E-state index >= 15 is 0 Å². The Labute approximate surface area is 131 Å². The van der Waals surface area contributed by atoms with E-state index in [2.05, 4.69) is 22.6 Å². The number of aliphatic hydroxyl groups is 1. The van der Waals surface area contributed by atoms with Crippen molar-refractivity contribution in [2.75, 3.05) is 11.5 Å². The van der Waals surface area contributed by atoms with E-state index in [9.17, 15) is 9.90 Å². The summed E-state index contributed by atoms with van der Waals surface area (Å²) in [4.78, 5) is 12.0. The van der Waals surface area contributed by atoms with E-state index in [1.165, 1.54) is 7.11 Å². The number of alkyl halides is 1. The van der Waals surface area contributed by atoms with Crippen molar-refractivity contribution in [2.45, 2.75) is 31.0 Å². The minimum atomic E-state index is -0.660. The third-order valence-corrected chi connectivity index (χ3v) is 4.04. The summed E-state index contributed by atoms with van der Waals surface area (Å²) in [6.07, 6.45) is -1.91. The first-order valence-corrected chi connectivity index (χ1v) is 7.86. The smallest absolute Gasteiger partial charge is 0.338 e. The summed E-state index contributed by atoms with van der Waals surface area (Å²) in [5, 5.41) is 9.96. The standard InChI is InChI=1S/C14H17IO5/c1-18-14-11(7-10(16)12(8-15)20-14)19-13(17)9-5-3-2-4-6-9/h2-6,10-12,14,16H,7-8H2,1H3/t10-,11+,12+,14-/m0/s1. The largest absolute Gasteiger partial charge is 0.453 e. The molecule has 1 fully saturated rings. The number of benzene rings is 1. The van der Waals surface area contributed by atoms with Crippen LogP contribution < -0.4 is 0 Å². The molecule has 0 bridgehead atoms. The zero-order valence-electron chi connectivity index (χ0n) is 11.1. The molecule has 1 heterocycles. The number of hydrogen-bond acceptors (Lipinski definition) is 5. The molecular weight excluding hydrogens is 375 g/mol. The van der Waals surface area contributed by atoms with Gasteiger partial charge in [0, 0.05) is 18.0 Å². The molecule has 1 saturated heterocycles. The molecule has 1 N–H and O–H groups in total. The molecule has 6 heteroatoms. The van der Waals surface area contributed by atoms with Crippen LogP contribution in [-0.4, -0.2) is 47.2 Å². The van der Waals surface area contributed by atoms with Gasteiger partial charge in [0.2, 0.25) is 0 Å². The maximum Gasteiger partial charge on any atom is 0.338 e. The Morgan fingerprint density at radius 1 is 1.45 bits per heavy atom. The molecule has 0 radical (unpaired) electrons. The Bertz CT molecular complexity index is 438. The van der Waals surface area contributed by atoms with Gasteiger partial charge in [-0.3, -0.25) is 0 Å². The highest BCUT2D eigenvalue weighted by Crippen LogP contribution is 2.25. The molecule has 0 amide bonds. The number of hydrogen-bond donors (Lipinski definition) is 1. The molecule has 0 aliphatic carbocycles. The number of carbonyl (C=O) groups is 1. The van der Waals surface area contributed by atoms with Crippen LogP contribution in [0.15, 0.2) is 30.3 Å². The average Bonchev–Trinajstić information content (AvgIpc) is 2.48. The lowest BCUT2D eigenvalue weighted by Gasteiger charge is -2.37. The zero-order chi connectivity index (χ0) is 14.5. The maximum atomic E-state index is 12.0. The lowest BCUT2D eigenvalue weighted by atomic mass is 10.0. The number of ether oxygens (including phenoxy) is 3. The molecule has 0 unspecified atom stereocenters. The van der Waals surface area contributed by atoms with Gasteiger partial charge < -0.3 is 19.3 Å². The Morgan fingerprint density at radius 2 is 2.15 bits per heavy atom. The summed E-state index contributed by atoms with van der Waals surface area (Å²) in [5.74, 6) is -0.443. The fourth-order valence-corrected chi connectivity index (χ4v) is 2.88. The van der Waals surface area contributed by atoms with Gasteiger partial charge in [-0.25, -0.2) is 4.79 Å². The van der Waals surface area contributed by atoms with E-state index < -0.39 is 24.5 Å². The highest BCUT2D eigenvalue weighted by molar-refractivity contribution is 14.1. The average molecular weight is 392 g/mol. The van der Waals surface area contributed by atoms with Gasteiger partial charge in [0.05, 0.1) is 17.8 Å². The van der Waals surface area contributed by atoms with E-state index in [0.29, 0.717) is 16.4 Å². The van der Waals surface area contributed by atoms with Crippen LogP contribution in [0.5, 0.6) is 0 Å². The van der Waals surface area contributed by atoms with Crippen molar-refractivity contribution in [1.82, 2.24) is 0 Å². The van der Waals surface area contributed by atoms with Crippen LogP contribution in [0.3, 0.4) is 0 Å². The number of methoxy groups -OCH3 is 1. The van der Waals surface area contributed by atoms with E-state index in [0.717, 1.165) is 0 Å². The van der Waals surface area contributed by atoms with Gasteiger partial charge >= 0.3 is 5.97 Å². The van der Waals surface area contributed by atoms with Gasteiger partial charge in [0.15, 0.2) is 12.4 Å². The quantitative estimate of drug-likeness (QED) is 0.481. The SMILES string of the molecule is CO[C@H]1O[C@H](CI)[C@@H](O)C[C@H]1OC(=O)c1ccccc1. The molecule has 0 aromatic heterocycles. The first-order chi connectivity index (χ1) is 9.65. The van der Waals surface area contributed by atoms with Crippen LogP contribution >= 0.6 is 22.6 Å². The zero-order valence-corrected chi connectivity index (χ0v) is 13.2. The van der Waals surface area contributed by atoms with Gasteiger partial charge in [-0.1, -0.05) is 40.8 Å². The molecular formula is C14H17IO5. The normalized spacial score (nSPS) is 29.9. The van der Waals surface area contributed by atoms with E-state index in [1.54, 1.807) is 24.3 Å². The van der Waals surface area contributed by atoms with E-state index in [-0.39, 0.29) is 6.10 Å². The highest BCUT2D eigenvalue weighted by Gasteiger charge is 2.39. The second-order valence-electron chi connectivity index (χ2n) is 4.55. The Hall–Kier alpha value is -0.700. The van der Waals surface area contributed by atoms with Gasteiger partial charge in [0.1, 0.15) is 0 Å². The molecule has 20 heavy (non-hydrogen) atoms. The van der Waals surface area contributed by atoms with Gasteiger partial charge in [0.25, 0.3) is 0 Å². The van der Waals surface area contributed by atoms with Crippen molar-refractivity contribution in [2.24, 2.45) is 0 Å². The fourth-order valence-electron chi connectivity index (χ4n) is 2.08. The predicted molar refractivity (Wildman–Crippen MR) is 80.8 cm³/mol. The minimum absolute atomic E-state index is 0.299. The van der Waals surface area contributed by atoms with Gasteiger partial charge in [-0.05, 0) is 12.1 Å². The van der Waals surface area contributed by atoms with Crippen LogP contribution in [0.1, 0.15) is 16.8 Å². The number of carbonyl (C=O) groups excluding carboxylic acids is 1. The number of rotatable bonds is 4. The van der Waals surface area contributed by atoms with Crippen molar-refractivity contribution in [3.05, 3.63) is 35.9 Å². The van der Waals surface area contributed by atoms with Gasteiger partial charge in [-0.15, -0.1) is 0 Å². The summed E-state index contributed by atoms with van der Waals surface area (Å²) >= 11 is 2.14. The lowest BCUT2D eigenvalue weighted by molar-refractivity contribution is -0.249. The summed E-state index contributed by atoms with van der Waals surface area (Å²) in [7, 11) is 1.50. The van der Waals surface area contributed by atoms with E-state index in [4.69, 9.17) is 14.2 Å². The highest BCUT2D eigenvalue weighted by atomic mass is 127. The summed E-state index contributed by atoms with van der Waals surface area (Å²) < 4.78 is 16.8. The molecule has 0 saturated carbocycles. The van der Waals surface area contributed by atoms with Crippen LogP contribution in [-0.2, 0) is 14.2 Å². The number of halogens is 1. The van der Waals surface area contributed by atoms with Crippen molar-refractivity contribution in [3.8, 4) is 0 Å². The van der Waals surface area contributed by atoms with Crippen LogP contribution in [0.4, 0.5) is 0 Å². The molecule has 1 aromatic rings. The summed E-state index contributed by atoms with van der Waals surface area (Å²) in [6.45, 7) is 0. The molecule has 5 nitrogen and oxygen atoms in total. The third-order valence-electron chi connectivity index (χ3n) is 3.17. The van der Waals surface area contributed by atoms with Crippen LogP contribution in [0, 0.1) is 0 Å². The Morgan fingerprint density at radius 3 is 2.75 bits per heavy atom. The second-order valence-corrected chi connectivity index (χ2v) is 5.43. The predicted octanol–water partition coefficient (Wildman–Crippen LogP) is 1.77. The topological polar surface area (TPSA) is 65.0 Å². The monoisotopic (exact) mass is 392 g/mol. The second kappa shape index (κ2) is 7.35. The number of aliphatic hydroxyl groups excluding tert-OH is 1. The fraction of sp³-hybridized carbons (Fsp3) is 0.500. The lowest BCUT2D eigenvalue weighted by Crippen LogP contribution is -2.50. The Balaban J connectivity index is 2.02. The Kier molecular flexibility index (Phi) is 5.76. The molecule has 1 aliphatic rings. The molecule has 4 atom stereocenters. The molecule has 110 valence electrons. The molecule has 2 rings (SSSR count). The van der Waals surface area contributed by atoms with Crippen LogP contribution in [0.2, 0.25) is 0 Å². The summed E-state index contributed by atoms with van der Waals surface area (Å²) in [5.41, 5.74) is 0.466. The van der Waals surface area contributed by atoms with Crippen molar-refractivity contribution < 1.29 is 24.1 Å². The third kappa shape index (κ3) is 3.69. The first kappa shape index (κ1) is 15.7. The summed E-state index contributed by atoms with van der Waals surface area (Å²) in [6, 6.07) is 8.72.